The van der Waals surface area contributed by atoms with Crippen molar-refractivity contribution in [3.63, 3.8) is 0 Å². The van der Waals surface area contributed by atoms with Crippen LogP contribution in [0.15, 0.2) is 51.9 Å². The molecule has 8 heteroatoms. The number of hydrogen-bond donors (Lipinski definition) is 1. The molecular formula is C23H21N3O4S. The van der Waals surface area contributed by atoms with Gasteiger partial charge in [-0.1, -0.05) is 6.07 Å². The first-order valence-electron chi connectivity index (χ1n) is 10.2. The van der Waals surface area contributed by atoms with E-state index in [1.165, 1.54) is 17.2 Å². The second-order valence-corrected chi connectivity index (χ2v) is 8.66. The molecule has 0 fully saturated rings. The molecule has 0 aliphatic heterocycles. The Balaban J connectivity index is 1.39. The summed E-state index contributed by atoms with van der Waals surface area (Å²) in [5, 5.41) is 2.82. The number of thiazole rings is 1. The van der Waals surface area contributed by atoms with Crippen LogP contribution in [-0.4, -0.2) is 15.3 Å². The number of aryl methyl sites for hydroxylation is 3. The lowest BCUT2D eigenvalue weighted by Gasteiger charge is -2.13. The van der Waals surface area contributed by atoms with Crippen molar-refractivity contribution in [1.82, 2.24) is 9.38 Å². The minimum Gasteiger partial charge on any atom is -0.485 e. The van der Waals surface area contributed by atoms with Crippen molar-refractivity contribution in [2.24, 2.45) is 0 Å². The van der Waals surface area contributed by atoms with Gasteiger partial charge in [0, 0.05) is 16.6 Å². The number of fused-ring (bicyclic) bond motifs is 3. The number of carbonyl (C=O) groups is 1. The fourth-order valence-electron chi connectivity index (χ4n) is 3.83. The van der Waals surface area contributed by atoms with E-state index >= 15 is 0 Å². The number of nitrogens with one attached hydrogen (secondary N) is 1. The molecule has 0 bridgehead atoms. The zero-order chi connectivity index (χ0) is 21.4. The van der Waals surface area contributed by atoms with Gasteiger partial charge >= 0.3 is 0 Å². The van der Waals surface area contributed by atoms with Crippen LogP contribution in [0.1, 0.15) is 45.2 Å². The van der Waals surface area contributed by atoms with Gasteiger partial charge in [0.2, 0.25) is 0 Å². The molecule has 7 nitrogen and oxygen atoms in total. The maximum Gasteiger partial charge on any atom is 0.291 e. The maximum absolute atomic E-state index is 12.7. The molecule has 3 heterocycles. The van der Waals surface area contributed by atoms with E-state index in [0.717, 1.165) is 36.9 Å². The molecule has 1 aliphatic rings. The molecule has 0 unspecified atom stereocenters. The third-order valence-corrected chi connectivity index (χ3v) is 6.46. The second-order valence-electron chi connectivity index (χ2n) is 7.60. The number of carbonyl (C=O) groups excluding carboxylic acids is 1. The van der Waals surface area contributed by atoms with E-state index in [9.17, 15) is 9.59 Å². The summed E-state index contributed by atoms with van der Waals surface area (Å²) in [5.41, 5.74) is 3.11. The molecule has 158 valence electrons. The van der Waals surface area contributed by atoms with Crippen LogP contribution in [0.3, 0.4) is 0 Å². The van der Waals surface area contributed by atoms with Gasteiger partial charge in [-0.05, 0) is 62.4 Å². The summed E-state index contributed by atoms with van der Waals surface area (Å²) in [6.45, 7) is 2.06. The highest BCUT2D eigenvalue weighted by molar-refractivity contribution is 7.17. The molecule has 1 aliphatic carbocycles. The lowest BCUT2D eigenvalue weighted by Crippen LogP contribution is -2.18. The van der Waals surface area contributed by atoms with E-state index in [-0.39, 0.29) is 23.8 Å². The lowest BCUT2D eigenvalue weighted by atomic mass is 10.0. The molecule has 0 radical (unpaired) electrons. The second kappa shape index (κ2) is 8.03. The summed E-state index contributed by atoms with van der Waals surface area (Å²) in [7, 11) is 0. The number of aromatic nitrogens is 2. The van der Waals surface area contributed by atoms with Crippen molar-refractivity contribution >= 4 is 27.9 Å². The Morgan fingerprint density at radius 3 is 2.97 bits per heavy atom. The Morgan fingerprint density at radius 2 is 2.13 bits per heavy atom. The predicted octanol–water partition coefficient (Wildman–Crippen LogP) is 4.37. The molecule has 4 aromatic rings. The number of ether oxygens (including phenoxy) is 1. The SMILES string of the molecule is Cc1ccc(OCc2cc(=O)n3c4c(sc3n2)CCCC4)c(NC(=O)c2ccco2)c1. The smallest absolute Gasteiger partial charge is 0.291 e. The summed E-state index contributed by atoms with van der Waals surface area (Å²) in [6, 6.07) is 10.3. The number of hydrogen-bond acceptors (Lipinski definition) is 6. The monoisotopic (exact) mass is 435 g/mol. The van der Waals surface area contributed by atoms with E-state index in [0.29, 0.717) is 22.1 Å². The molecular weight excluding hydrogens is 414 g/mol. The number of amides is 1. The number of nitrogens with zero attached hydrogens (tertiary/aromatic N) is 2. The number of anilines is 1. The average molecular weight is 436 g/mol. The fraction of sp³-hybridized carbons (Fsp3) is 0.261. The maximum atomic E-state index is 12.7. The van der Waals surface area contributed by atoms with Gasteiger partial charge in [-0.25, -0.2) is 4.98 Å². The highest BCUT2D eigenvalue weighted by atomic mass is 32.1. The largest absolute Gasteiger partial charge is 0.485 e. The minimum atomic E-state index is -0.359. The molecule has 1 aromatic carbocycles. The minimum absolute atomic E-state index is 0.0711. The third-order valence-electron chi connectivity index (χ3n) is 5.32. The lowest BCUT2D eigenvalue weighted by molar-refractivity contribution is 0.0996. The highest BCUT2D eigenvalue weighted by Crippen LogP contribution is 2.29. The first kappa shape index (κ1) is 19.6. The Hall–Kier alpha value is -3.39. The van der Waals surface area contributed by atoms with E-state index in [1.807, 2.05) is 19.1 Å². The molecule has 0 saturated carbocycles. The zero-order valence-corrected chi connectivity index (χ0v) is 17.8. The van der Waals surface area contributed by atoms with Crippen LogP contribution < -0.4 is 15.6 Å². The molecule has 0 atom stereocenters. The van der Waals surface area contributed by atoms with Gasteiger partial charge < -0.3 is 14.5 Å². The highest BCUT2D eigenvalue weighted by Gasteiger charge is 2.19. The van der Waals surface area contributed by atoms with E-state index in [1.54, 1.807) is 33.9 Å². The van der Waals surface area contributed by atoms with Gasteiger partial charge in [0.05, 0.1) is 17.6 Å². The Labute approximate surface area is 182 Å². The molecule has 3 aromatic heterocycles. The third kappa shape index (κ3) is 3.86. The predicted molar refractivity (Wildman–Crippen MR) is 118 cm³/mol. The van der Waals surface area contributed by atoms with Crippen LogP contribution in [0.2, 0.25) is 0 Å². The molecule has 0 spiro atoms. The first-order chi connectivity index (χ1) is 15.1. The van der Waals surface area contributed by atoms with Crippen molar-refractivity contribution in [2.45, 2.75) is 39.2 Å². The van der Waals surface area contributed by atoms with Crippen LogP contribution in [0.4, 0.5) is 5.69 Å². The van der Waals surface area contributed by atoms with Crippen LogP contribution in [0.5, 0.6) is 5.75 Å². The van der Waals surface area contributed by atoms with Gasteiger partial charge in [0.15, 0.2) is 10.7 Å². The summed E-state index contributed by atoms with van der Waals surface area (Å²) in [4.78, 5) is 31.8. The van der Waals surface area contributed by atoms with Crippen LogP contribution >= 0.6 is 11.3 Å². The van der Waals surface area contributed by atoms with Gasteiger partial charge in [0.1, 0.15) is 12.4 Å². The van der Waals surface area contributed by atoms with Crippen LogP contribution in [0.25, 0.3) is 4.96 Å². The summed E-state index contributed by atoms with van der Waals surface area (Å²) in [6.07, 6.45) is 5.65. The zero-order valence-electron chi connectivity index (χ0n) is 17.0. The van der Waals surface area contributed by atoms with E-state index < -0.39 is 0 Å². The Morgan fingerprint density at radius 1 is 1.26 bits per heavy atom. The van der Waals surface area contributed by atoms with Gasteiger partial charge in [0.25, 0.3) is 11.5 Å². The standard InChI is InChI=1S/C23H21N3O4S/c1-14-8-9-18(16(11-14)25-22(28)19-6-4-10-29-19)30-13-15-12-21(27)26-17-5-2-3-7-20(17)31-23(26)24-15/h4,6,8-12H,2-3,5,7,13H2,1H3,(H,25,28). The van der Waals surface area contributed by atoms with Gasteiger partial charge in [-0.3, -0.25) is 14.0 Å². The van der Waals surface area contributed by atoms with Crippen molar-refractivity contribution in [1.29, 1.82) is 0 Å². The van der Waals surface area contributed by atoms with E-state index in [2.05, 4.69) is 10.3 Å². The summed E-state index contributed by atoms with van der Waals surface area (Å²) < 4.78 is 12.8. The summed E-state index contributed by atoms with van der Waals surface area (Å²) in [5.74, 6) is 0.356. The number of furan rings is 1. The molecule has 0 saturated heterocycles. The molecule has 1 N–H and O–H groups in total. The Kier molecular flexibility index (Phi) is 5.07. The Bertz CT molecular complexity index is 1320. The number of benzene rings is 1. The fourth-order valence-corrected chi connectivity index (χ4v) is 5.06. The first-order valence-corrected chi connectivity index (χ1v) is 11.0. The van der Waals surface area contributed by atoms with Gasteiger partial charge in [-0.15, -0.1) is 11.3 Å². The topological polar surface area (TPSA) is 85.8 Å². The van der Waals surface area contributed by atoms with Crippen LogP contribution in [-0.2, 0) is 19.4 Å². The van der Waals surface area contributed by atoms with E-state index in [4.69, 9.17) is 9.15 Å². The van der Waals surface area contributed by atoms with Crippen LogP contribution in [0, 0.1) is 6.92 Å². The quantitative estimate of drug-likeness (QED) is 0.503. The van der Waals surface area contributed by atoms with Crippen molar-refractivity contribution < 1.29 is 13.9 Å². The molecule has 5 rings (SSSR count). The molecule has 1 amide bonds. The van der Waals surface area contributed by atoms with Crippen molar-refractivity contribution in [3.8, 4) is 5.75 Å². The molecule has 31 heavy (non-hydrogen) atoms. The van der Waals surface area contributed by atoms with Gasteiger partial charge in [-0.2, -0.15) is 0 Å². The van der Waals surface area contributed by atoms with Crippen molar-refractivity contribution in [2.75, 3.05) is 5.32 Å². The normalized spacial score (nSPS) is 13.2. The summed E-state index contributed by atoms with van der Waals surface area (Å²) >= 11 is 1.59. The average Bonchev–Trinajstić information content (AvgIpc) is 3.41. The number of rotatable bonds is 5. The van der Waals surface area contributed by atoms with Crippen molar-refractivity contribution in [3.05, 3.63) is 80.6 Å².